The van der Waals surface area contributed by atoms with E-state index in [0.717, 1.165) is 12.8 Å². The molecule has 2 unspecified atom stereocenters. The van der Waals surface area contributed by atoms with Gasteiger partial charge in [0.25, 0.3) is 0 Å². The predicted molar refractivity (Wildman–Crippen MR) is 44.5 cm³/mol. The van der Waals surface area contributed by atoms with E-state index in [4.69, 9.17) is 0 Å². The smallest absolute Gasteiger partial charge is 0.272 e. The quantitative estimate of drug-likeness (QED) is 0.739. The highest BCUT2D eigenvalue weighted by atomic mass is 19.4. The monoisotopic (exact) mass is 223 g/mol. The van der Waals surface area contributed by atoms with Crippen molar-refractivity contribution in [2.75, 3.05) is 6.61 Å². The molecule has 0 aliphatic heterocycles. The van der Waals surface area contributed by atoms with Crippen LogP contribution in [-0.4, -0.2) is 18.7 Å². The Kier molecular flexibility index (Phi) is 2.62. The van der Waals surface area contributed by atoms with Crippen LogP contribution in [0.5, 0.6) is 0 Å². The number of carbonyl (C=O) groups excluding carboxylic acids is 1. The van der Waals surface area contributed by atoms with Crippen molar-refractivity contribution in [3.63, 3.8) is 0 Å². The minimum Gasteiger partial charge on any atom is -0.272 e. The number of alkyl halides is 3. The van der Waals surface area contributed by atoms with E-state index in [1.807, 2.05) is 5.48 Å². The van der Waals surface area contributed by atoms with Crippen LogP contribution >= 0.6 is 0 Å². The zero-order valence-electron chi connectivity index (χ0n) is 8.01. The summed E-state index contributed by atoms with van der Waals surface area (Å²) in [4.78, 5) is 15.4. The van der Waals surface area contributed by atoms with Gasteiger partial charge in [-0.15, -0.1) is 0 Å². The molecule has 0 aromatic rings. The van der Waals surface area contributed by atoms with Gasteiger partial charge in [-0.3, -0.25) is 9.63 Å². The number of amides is 1. The minimum absolute atomic E-state index is 0.151. The molecule has 0 bridgehead atoms. The zero-order chi connectivity index (χ0) is 11.1. The summed E-state index contributed by atoms with van der Waals surface area (Å²) in [6.45, 7) is -1.43. The number of fused-ring (bicyclic) bond motifs is 1. The Morgan fingerprint density at radius 3 is 2.40 bits per heavy atom. The first-order chi connectivity index (χ1) is 6.96. The minimum atomic E-state index is -4.40. The highest BCUT2D eigenvalue weighted by Crippen LogP contribution is 2.54. The second kappa shape index (κ2) is 3.66. The van der Waals surface area contributed by atoms with Crippen molar-refractivity contribution in [1.82, 2.24) is 5.48 Å². The van der Waals surface area contributed by atoms with Gasteiger partial charge in [0.05, 0.1) is 0 Å². The molecule has 15 heavy (non-hydrogen) atoms. The molecule has 3 nitrogen and oxygen atoms in total. The molecule has 0 aromatic carbocycles. The Labute approximate surface area is 84.9 Å². The van der Waals surface area contributed by atoms with Gasteiger partial charge < -0.3 is 0 Å². The molecule has 1 N–H and O–H groups in total. The summed E-state index contributed by atoms with van der Waals surface area (Å²) in [7, 11) is 0. The van der Waals surface area contributed by atoms with Crippen LogP contribution in [0, 0.1) is 17.8 Å². The van der Waals surface area contributed by atoms with Gasteiger partial charge in [0.1, 0.15) is 0 Å². The van der Waals surface area contributed by atoms with Crippen LogP contribution in [0.4, 0.5) is 13.2 Å². The van der Waals surface area contributed by atoms with Crippen LogP contribution in [0.2, 0.25) is 0 Å². The van der Waals surface area contributed by atoms with Crippen molar-refractivity contribution in [2.45, 2.75) is 25.4 Å². The Morgan fingerprint density at radius 1 is 1.27 bits per heavy atom. The van der Waals surface area contributed by atoms with Crippen LogP contribution in [0.3, 0.4) is 0 Å². The van der Waals surface area contributed by atoms with Crippen LogP contribution in [0.1, 0.15) is 19.3 Å². The van der Waals surface area contributed by atoms with Gasteiger partial charge in [-0.05, 0) is 31.1 Å². The fraction of sp³-hybridized carbons (Fsp3) is 0.889. The third kappa shape index (κ3) is 2.84. The summed E-state index contributed by atoms with van der Waals surface area (Å²) in [5, 5.41) is 0. The number of halogens is 3. The Balaban J connectivity index is 1.65. The van der Waals surface area contributed by atoms with Gasteiger partial charge in [-0.25, -0.2) is 5.48 Å². The van der Waals surface area contributed by atoms with Gasteiger partial charge in [-0.2, -0.15) is 13.2 Å². The molecule has 2 atom stereocenters. The fourth-order valence-electron chi connectivity index (χ4n) is 2.20. The topological polar surface area (TPSA) is 38.3 Å². The molecular weight excluding hydrogens is 211 g/mol. The van der Waals surface area contributed by atoms with Crippen molar-refractivity contribution in [1.29, 1.82) is 0 Å². The summed E-state index contributed by atoms with van der Waals surface area (Å²) < 4.78 is 35.0. The molecule has 1 amide bonds. The van der Waals surface area contributed by atoms with Gasteiger partial charge in [0, 0.05) is 5.92 Å². The first-order valence-electron chi connectivity index (χ1n) is 4.94. The zero-order valence-corrected chi connectivity index (χ0v) is 8.01. The first kappa shape index (κ1) is 10.7. The largest absolute Gasteiger partial charge is 0.414 e. The lowest BCUT2D eigenvalue weighted by Crippen LogP contribution is -2.33. The molecule has 86 valence electrons. The molecule has 0 heterocycles. The highest BCUT2D eigenvalue weighted by Gasteiger charge is 2.48. The number of hydroxylamine groups is 1. The molecule has 0 saturated heterocycles. The molecule has 2 rings (SSSR count). The van der Waals surface area contributed by atoms with E-state index in [0.29, 0.717) is 11.8 Å². The summed E-state index contributed by atoms with van der Waals surface area (Å²) >= 11 is 0. The van der Waals surface area contributed by atoms with Crippen molar-refractivity contribution >= 4 is 5.91 Å². The number of rotatable bonds is 3. The van der Waals surface area contributed by atoms with Gasteiger partial charge >= 0.3 is 6.18 Å². The Morgan fingerprint density at radius 2 is 1.87 bits per heavy atom. The average molecular weight is 223 g/mol. The lowest BCUT2D eigenvalue weighted by atomic mass is 10.0. The standard InChI is InChI=1S/C9H12F3NO2/c10-9(11,12)4-15-13-8(14)7-2-5-1-6(5)3-7/h5-7H,1-4H2,(H,13,14). The second-order valence-corrected chi connectivity index (χ2v) is 4.29. The highest BCUT2D eigenvalue weighted by molar-refractivity contribution is 5.78. The molecule has 2 fully saturated rings. The second-order valence-electron chi connectivity index (χ2n) is 4.29. The molecule has 2 aliphatic carbocycles. The van der Waals surface area contributed by atoms with Crippen LogP contribution in [-0.2, 0) is 9.63 Å². The van der Waals surface area contributed by atoms with Crippen molar-refractivity contribution in [3.8, 4) is 0 Å². The molecule has 2 aliphatic rings. The summed E-state index contributed by atoms with van der Waals surface area (Å²) in [5.74, 6) is 0.695. The van der Waals surface area contributed by atoms with Crippen LogP contribution in [0.25, 0.3) is 0 Å². The van der Waals surface area contributed by atoms with Gasteiger partial charge in [0.2, 0.25) is 5.91 Å². The van der Waals surface area contributed by atoms with Crippen molar-refractivity contribution < 1.29 is 22.8 Å². The third-order valence-electron chi connectivity index (χ3n) is 3.02. The van der Waals surface area contributed by atoms with E-state index in [-0.39, 0.29) is 5.92 Å². The van der Waals surface area contributed by atoms with Crippen LogP contribution < -0.4 is 5.48 Å². The number of nitrogens with one attached hydrogen (secondary N) is 1. The summed E-state index contributed by atoms with van der Waals surface area (Å²) in [6, 6.07) is 0. The predicted octanol–water partition coefficient (Wildman–Crippen LogP) is 1.64. The summed E-state index contributed by atoms with van der Waals surface area (Å²) in [6.07, 6.45) is -1.63. The van der Waals surface area contributed by atoms with E-state index >= 15 is 0 Å². The van der Waals surface area contributed by atoms with Gasteiger partial charge in [0.15, 0.2) is 6.61 Å². The third-order valence-corrected chi connectivity index (χ3v) is 3.02. The molecule has 0 spiro atoms. The number of hydrogen-bond donors (Lipinski definition) is 1. The molecule has 0 radical (unpaired) electrons. The maximum absolute atomic E-state index is 11.7. The maximum Gasteiger partial charge on any atom is 0.414 e. The van der Waals surface area contributed by atoms with E-state index in [1.165, 1.54) is 6.42 Å². The Hall–Kier alpha value is -0.780. The maximum atomic E-state index is 11.7. The van der Waals surface area contributed by atoms with E-state index < -0.39 is 18.7 Å². The molecule has 0 aromatic heterocycles. The normalized spacial score (nSPS) is 33.7. The molecule has 6 heteroatoms. The SMILES string of the molecule is O=C(NOCC(F)(F)F)C1CC2CC2C1. The first-order valence-corrected chi connectivity index (χ1v) is 4.94. The van der Waals surface area contributed by atoms with Crippen molar-refractivity contribution in [3.05, 3.63) is 0 Å². The van der Waals surface area contributed by atoms with E-state index in [9.17, 15) is 18.0 Å². The fourth-order valence-corrected chi connectivity index (χ4v) is 2.20. The lowest BCUT2D eigenvalue weighted by molar-refractivity contribution is -0.192. The Bertz CT molecular complexity index is 257. The summed E-state index contributed by atoms with van der Waals surface area (Å²) in [5.41, 5.74) is 1.86. The van der Waals surface area contributed by atoms with Gasteiger partial charge in [-0.1, -0.05) is 0 Å². The van der Waals surface area contributed by atoms with Crippen molar-refractivity contribution in [2.24, 2.45) is 17.8 Å². The average Bonchev–Trinajstić information content (AvgIpc) is 2.71. The lowest BCUT2D eigenvalue weighted by Gasteiger charge is -2.12. The van der Waals surface area contributed by atoms with E-state index in [1.54, 1.807) is 0 Å². The molecular formula is C9H12F3NO2. The van der Waals surface area contributed by atoms with E-state index in [2.05, 4.69) is 4.84 Å². The number of carbonyl (C=O) groups is 1. The molecule has 2 saturated carbocycles. The number of hydrogen-bond acceptors (Lipinski definition) is 2. The van der Waals surface area contributed by atoms with Crippen LogP contribution in [0.15, 0.2) is 0 Å².